The van der Waals surface area contributed by atoms with Crippen LogP contribution in [-0.4, -0.2) is 35.1 Å². The smallest absolute Gasteiger partial charge is 0.320 e. The van der Waals surface area contributed by atoms with Gasteiger partial charge >= 0.3 is 5.97 Å². The lowest BCUT2D eigenvalue weighted by Gasteiger charge is -2.35. The molecule has 0 radical (unpaired) electrons. The van der Waals surface area contributed by atoms with Crippen molar-refractivity contribution in [2.45, 2.75) is 12.5 Å². The number of carboxylic acids is 1. The Kier molecular flexibility index (Phi) is 1.88. The summed E-state index contributed by atoms with van der Waals surface area (Å²) >= 11 is 0. The van der Waals surface area contributed by atoms with Crippen molar-refractivity contribution in [2.24, 2.45) is 0 Å². The largest absolute Gasteiger partial charge is 0.480 e. The highest BCUT2D eigenvalue weighted by Crippen LogP contribution is 2.15. The van der Waals surface area contributed by atoms with Crippen LogP contribution in [-0.2, 0) is 4.79 Å². The maximum atomic E-state index is 10.3. The van der Waals surface area contributed by atoms with Gasteiger partial charge < -0.3 is 5.11 Å². The van der Waals surface area contributed by atoms with Crippen LogP contribution in [0.1, 0.15) is 6.42 Å². The first-order chi connectivity index (χ1) is 4.75. The number of hydrogen-bond acceptors (Lipinski definition) is 3. The van der Waals surface area contributed by atoms with E-state index in [0.29, 0.717) is 6.42 Å². The van der Waals surface area contributed by atoms with Gasteiger partial charge in [-0.1, -0.05) is 0 Å². The van der Waals surface area contributed by atoms with Crippen LogP contribution in [0.5, 0.6) is 0 Å². The van der Waals surface area contributed by atoms with Gasteiger partial charge in [0.05, 0.1) is 12.6 Å². The third-order valence-electron chi connectivity index (χ3n) is 1.69. The van der Waals surface area contributed by atoms with Crippen molar-refractivity contribution in [2.75, 3.05) is 13.1 Å². The summed E-state index contributed by atoms with van der Waals surface area (Å²) in [5, 5.41) is 16.7. The molecule has 0 saturated carbocycles. The van der Waals surface area contributed by atoms with Gasteiger partial charge in [-0.05, 0) is 6.42 Å². The maximum absolute atomic E-state index is 10.3. The molecule has 1 N–H and O–H groups in total. The lowest BCUT2D eigenvalue weighted by Crippen LogP contribution is -2.52. The van der Waals surface area contributed by atoms with Crippen LogP contribution < -0.4 is 0 Å². The minimum absolute atomic E-state index is 0.233. The van der Waals surface area contributed by atoms with Crippen LogP contribution in [0.3, 0.4) is 0 Å². The van der Waals surface area contributed by atoms with Crippen molar-refractivity contribution in [1.29, 1.82) is 5.26 Å². The zero-order chi connectivity index (χ0) is 7.56. The Labute approximate surface area is 58.7 Å². The van der Waals surface area contributed by atoms with Crippen molar-refractivity contribution in [3.05, 3.63) is 0 Å². The molecule has 0 aliphatic carbocycles. The van der Waals surface area contributed by atoms with Gasteiger partial charge in [0.25, 0.3) is 0 Å². The summed E-state index contributed by atoms with van der Waals surface area (Å²) in [6.45, 7) is 0.974. The van der Waals surface area contributed by atoms with Crippen LogP contribution in [0.25, 0.3) is 0 Å². The van der Waals surface area contributed by atoms with Crippen molar-refractivity contribution in [3.8, 4) is 6.07 Å². The van der Waals surface area contributed by atoms with Crippen LogP contribution >= 0.6 is 0 Å². The van der Waals surface area contributed by atoms with Crippen LogP contribution in [0, 0.1) is 11.3 Å². The number of likely N-dealkylation sites (tertiary alicyclic amines) is 1. The molecule has 0 amide bonds. The first kappa shape index (κ1) is 7.03. The molecule has 0 bridgehead atoms. The molecule has 1 saturated heterocycles. The third kappa shape index (κ3) is 1.09. The summed E-state index contributed by atoms with van der Waals surface area (Å²) in [6, 6.07) is 1.51. The highest BCUT2D eigenvalue weighted by molar-refractivity contribution is 5.74. The molecule has 1 aliphatic rings. The Bertz CT molecular complexity index is 185. The summed E-state index contributed by atoms with van der Waals surface area (Å²) < 4.78 is 0. The molecule has 54 valence electrons. The molecule has 0 aromatic carbocycles. The average molecular weight is 140 g/mol. The van der Waals surface area contributed by atoms with Gasteiger partial charge in [-0.25, -0.2) is 0 Å². The van der Waals surface area contributed by atoms with E-state index in [4.69, 9.17) is 10.4 Å². The monoisotopic (exact) mass is 140 g/mol. The Hall–Kier alpha value is -1.08. The summed E-state index contributed by atoms with van der Waals surface area (Å²) in [5.74, 6) is -0.818. The molecule has 1 rings (SSSR count). The number of aliphatic carboxylic acids is 1. The third-order valence-corrected chi connectivity index (χ3v) is 1.69. The van der Waals surface area contributed by atoms with E-state index >= 15 is 0 Å². The first-order valence-corrected chi connectivity index (χ1v) is 3.09. The van der Waals surface area contributed by atoms with Gasteiger partial charge in [-0.15, -0.1) is 0 Å². The summed E-state index contributed by atoms with van der Waals surface area (Å²) in [6.07, 6.45) is 0.678. The van der Waals surface area contributed by atoms with Crippen LogP contribution in [0.2, 0.25) is 0 Å². The van der Waals surface area contributed by atoms with E-state index in [9.17, 15) is 4.79 Å². The molecule has 0 aromatic rings. The van der Waals surface area contributed by atoms with Crippen molar-refractivity contribution in [3.63, 3.8) is 0 Å². The van der Waals surface area contributed by atoms with E-state index in [2.05, 4.69) is 0 Å². The lowest BCUT2D eigenvalue weighted by atomic mass is 10.0. The van der Waals surface area contributed by atoms with Gasteiger partial charge in [0, 0.05) is 6.54 Å². The fourth-order valence-electron chi connectivity index (χ4n) is 1.00. The van der Waals surface area contributed by atoms with Crippen LogP contribution in [0.4, 0.5) is 0 Å². The Morgan fingerprint density at radius 3 is 2.90 bits per heavy atom. The molecule has 1 aliphatic heterocycles. The van der Waals surface area contributed by atoms with E-state index in [1.807, 2.05) is 6.07 Å². The fraction of sp³-hybridized carbons (Fsp3) is 0.667. The molecular weight excluding hydrogens is 132 g/mol. The molecule has 4 heteroatoms. The minimum atomic E-state index is -0.818. The molecule has 4 nitrogen and oxygen atoms in total. The molecule has 0 spiro atoms. The second-order valence-electron chi connectivity index (χ2n) is 2.27. The van der Waals surface area contributed by atoms with Gasteiger partial charge in [-0.3, -0.25) is 9.69 Å². The predicted molar refractivity (Wildman–Crippen MR) is 33.2 cm³/mol. The number of nitrogens with zero attached hydrogens (tertiary/aromatic N) is 2. The Morgan fingerprint density at radius 1 is 1.90 bits per heavy atom. The Balaban J connectivity index is 2.37. The molecule has 1 atom stereocenters. The van der Waals surface area contributed by atoms with E-state index in [1.165, 1.54) is 0 Å². The van der Waals surface area contributed by atoms with Gasteiger partial charge in [0.1, 0.15) is 6.04 Å². The van der Waals surface area contributed by atoms with E-state index < -0.39 is 12.0 Å². The molecule has 0 aromatic heterocycles. The van der Waals surface area contributed by atoms with Crippen LogP contribution in [0.15, 0.2) is 0 Å². The van der Waals surface area contributed by atoms with E-state index in [0.717, 1.165) is 6.54 Å². The SMILES string of the molecule is N#CCN1CCC1C(=O)O. The number of carbonyl (C=O) groups is 1. The second-order valence-corrected chi connectivity index (χ2v) is 2.27. The number of carboxylic acid groups (broad SMARTS) is 1. The summed E-state index contributed by atoms with van der Waals surface area (Å²) in [4.78, 5) is 12.0. The zero-order valence-corrected chi connectivity index (χ0v) is 5.45. The molecule has 1 fully saturated rings. The normalized spacial score (nSPS) is 24.9. The van der Waals surface area contributed by atoms with Crippen molar-refractivity contribution >= 4 is 5.97 Å². The Morgan fingerprint density at radius 2 is 2.60 bits per heavy atom. The van der Waals surface area contributed by atoms with E-state index in [-0.39, 0.29) is 6.54 Å². The van der Waals surface area contributed by atoms with Crippen molar-refractivity contribution < 1.29 is 9.90 Å². The number of hydrogen-bond donors (Lipinski definition) is 1. The molecule has 1 heterocycles. The molecule has 1 unspecified atom stereocenters. The second kappa shape index (κ2) is 2.67. The predicted octanol–water partition coefficient (Wildman–Crippen LogP) is -0.331. The summed E-state index contributed by atoms with van der Waals surface area (Å²) in [7, 11) is 0. The maximum Gasteiger partial charge on any atom is 0.320 e. The van der Waals surface area contributed by atoms with Gasteiger partial charge in [0.2, 0.25) is 0 Å². The minimum Gasteiger partial charge on any atom is -0.480 e. The highest BCUT2D eigenvalue weighted by atomic mass is 16.4. The summed E-state index contributed by atoms with van der Waals surface area (Å²) in [5.41, 5.74) is 0. The molecule has 10 heavy (non-hydrogen) atoms. The van der Waals surface area contributed by atoms with E-state index in [1.54, 1.807) is 4.90 Å². The van der Waals surface area contributed by atoms with Crippen molar-refractivity contribution in [1.82, 2.24) is 4.90 Å². The lowest BCUT2D eigenvalue weighted by molar-refractivity contribution is -0.147. The highest BCUT2D eigenvalue weighted by Gasteiger charge is 2.33. The standard InChI is InChI=1S/C6H8N2O2/c7-2-4-8-3-1-5(8)6(9)10/h5H,1,3-4H2,(H,9,10). The average Bonchev–Trinajstić information content (AvgIpc) is 1.78. The zero-order valence-electron chi connectivity index (χ0n) is 5.45. The fourth-order valence-corrected chi connectivity index (χ4v) is 1.00. The molecular formula is C6H8N2O2. The number of rotatable bonds is 2. The quantitative estimate of drug-likeness (QED) is 0.533. The number of nitriles is 1. The van der Waals surface area contributed by atoms with Gasteiger partial charge in [0.15, 0.2) is 0 Å². The first-order valence-electron chi connectivity index (χ1n) is 3.09. The topological polar surface area (TPSA) is 64.3 Å². The van der Waals surface area contributed by atoms with Gasteiger partial charge in [-0.2, -0.15) is 5.26 Å².